The quantitative estimate of drug-likeness (QED) is 0.201. The number of pyridine rings is 1. The molecule has 0 radical (unpaired) electrons. The van der Waals surface area contributed by atoms with Gasteiger partial charge >= 0.3 is 19.5 Å². The molecule has 1 N–H and O–H groups in total. The van der Waals surface area contributed by atoms with E-state index in [1.807, 2.05) is 27.7 Å². The number of benzene rings is 1. The van der Waals surface area contributed by atoms with Crippen molar-refractivity contribution in [1.29, 1.82) is 0 Å². The van der Waals surface area contributed by atoms with Gasteiger partial charge in [0.15, 0.2) is 17.4 Å². The highest BCUT2D eigenvalue weighted by Gasteiger charge is 2.52. The summed E-state index contributed by atoms with van der Waals surface area (Å²) < 4.78 is 79.7. The van der Waals surface area contributed by atoms with Crippen molar-refractivity contribution >= 4 is 44.1 Å². The van der Waals surface area contributed by atoms with Crippen LogP contribution >= 0.6 is 0 Å². The molecular formula is C30H41BF4N4O7Si. The Kier molecular flexibility index (Phi) is 10.7. The van der Waals surface area contributed by atoms with Crippen LogP contribution in [-0.2, 0) is 23.6 Å². The molecule has 17 heteroatoms. The highest BCUT2D eigenvalue weighted by Crippen LogP contribution is 2.38. The van der Waals surface area contributed by atoms with E-state index in [0.29, 0.717) is 17.8 Å². The van der Waals surface area contributed by atoms with Crippen molar-refractivity contribution < 1.29 is 50.7 Å². The van der Waals surface area contributed by atoms with Gasteiger partial charge in [-0.15, -0.1) is 13.2 Å². The van der Waals surface area contributed by atoms with Gasteiger partial charge in [-0.25, -0.2) is 14.2 Å². The van der Waals surface area contributed by atoms with E-state index in [4.69, 9.17) is 18.8 Å². The smallest absolute Gasteiger partial charge is 0.403 e. The molecule has 2 aromatic rings. The molecule has 3 amide bonds. The van der Waals surface area contributed by atoms with Crippen molar-refractivity contribution in [3.63, 3.8) is 0 Å². The van der Waals surface area contributed by atoms with E-state index in [0.717, 1.165) is 23.1 Å². The van der Waals surface area contributed by atoms with E-state index < -0.39 is 68.8 Å². The maximum Gasteiger partial charge on any atom is 0.573 e. The minimum atomic E-state index is -5.08. The van der Waals surface area contributed by atoms with E-state index in [2.05, 4.69) is 34.7 Å². The number of alkyl halides is 3. The zero-order valence-corrected chi connectivity index (χ0v) is 28.8. The molecule has 1 aromatic carbocycles. The number of aromatic nitrogens is 1. The maximum atomic E-state index is 14.5. The fraction of sp³-hybridized carbons (Fsp3) is 0.567. The Balaban J connectivity index is 1.63. The second kappa shape index (κ2) is 13.7. The Labute approximate surface area is 273 Å². The molecule has 2 aliphatic rings. The molecule has 1 fully saturated rings. The molecule has 258 valence electrons. The largest absolute Gasteiger partial charge is 0.573 e. The highest BCUT2D eigenvalue weighted by molar-refractivity contribution is 6.76. The summed E-state index contributed by atoms with van der Waals surface area (Å²) in [5.74, 6) is -2.60. The number of hydrogen-bond acceptors (Lipinski definition) is 8. The lowest BCUT2D eigenvalue weighted by atomic mass is 9.80. The molecule has 0 bridgehead atoms. The van der Waals surface area contributed by atoms with Crippen LogP contribution in [0.4, 0.5) is 33.9 Å². The molecule has 2 aliphatic heterocycles. The number of hydrogen-bond donors (Lipinski definition) is 1. The average Bonchev–Trinajstić information content (AvgIpc) is 3.17. The van der Waals surface area contributed by atoms with Crippen molar-refractivity contribution in [2.75, 3.05) is 43.4 Å². The van der Waals surface area contributed by atoms with Crippen LogP contribution in [0, 0.1) is 5.82 Å². The van der Waals surface area contributed by atoms with Crippen LogP contribution in [0.1, 0.15) is 39.3 Å². The third kappa shape index (κ3) is 8.81. The molecule has 4 rings (SSSR count). The number of anilines is 2. The summed E-state index contributed by atoms with van der Waals surface area (Å²) in [5.41, 5.74) is -0.348. The van der Waals surface area contributed by atoms with Gasteiger partial charge in [0.05, 0.1) is 29.5 Å². The second-order valence-electron chi connectivity index (χ2n) is 13.7. The van der Waals surface area contributed by atoms with E-state index >= 15 is 0 Å². The van der Waals surface area contributed by atoms with Crippen molar-refractivity contribution in [2.45, 2.75) is 77.0 Å². The summed E-state index contributed by atoms with van der Waals surface area (Å²) in [6.45, 7) is 14.1. The number of fused-ring (bicyclic) bond motifs is 1. The lowest BCUT2D eigenvalue weighted by Gasteiger charge is -2.36. The maximum absolute atomic E-state index is 14.5. The molecule has 1 atom stereocenters. The number of methoxy groups -OCH3 is 1. The summed E-state index contributed by atoms with van der Waals surface area (Å²) in [5, 5.41) is 2.68. The van der Waals surface area contributed by atoms with E-state index in [1.165, 1.54) is 24.3 Å². The van der Waals surface area contributed by atoms with Gasteiger partial charge in [0, 0.05) is 33.5 Å². The second-order valence-corrected chi connectivity index (χ2v) is 19.3. The number of carbonyl (C=O) groups is 2. The van der Waals surface area contributed by atoms with Gasteiger partial charge in [0.25, 0.3) is 0 Å². The Hall–Kier alpha value is -3.25. The zero-order valence-electron chi connectivity index (χ0n) is 27.8. The van der Waals surface area contributed by atoms with Gasteiger partial charge in [0.2, 0.25) is 5.91 Å². The van der Waals surface area contributed by atoms with Crippen LogP contribution in [0.15, 0.2) is 30.5 Å². The first-order valence-corrected chi connectivity index (χ1v) is 18.8. The number of ether oxygens (including phenoxy) is 3. The number of carbonyl (C=O) groups excluding carboxylic acids is 2. The SMILES string of the molecule is COCC(NC(=O)N1CC(=O)N(COCC[Si](C)(C)C)c2cc(B3OC(C)(C)C(C)(C)O3)cnc21)c1ccc(OC(F)(F)F)c(F)c1. The van der Waals surface area contributed by atoms with Crippen LogP contribution in [0.25, 0.3) is 0 Å². The summed E-state index contributed by atoms with van der Waals surface area (Å²) in [6.07, 6.45) is -3.58. The lowest BCUT2D eigenvalue weighted by molar-refractivity contribution is -0.275. The van der Waals surface area contributed by atoms with Crippen molar-refractivity contribution in [2.24, 2.45) is 0 Å². The van der Waals surface area contributed by atoms with E-state index in [1.54, 1.807) is 6.07 Å². The van der Waals surface area contributed by atoms with Gasteiger partial charge in [-0.1, -0.05) is 25.7 Å². The molecule has 11 nitrogen and oxygen atoms in total. The average molecular weight is 685 g/mol. The van der Waals surface area contributed by atoms with Gasteiger partial charge in [-0.2, -0.15) is 0 Å². The summed E-state index contributed by atoms with van der Waals surface area (Å²) in [6, 6.07) is 3.58. The fourth-order valence-electron chi connectivity index (χ4n) is 4.81. The zero-order chi connectivity index (χ0) is 34.9. The predicted molar refractivity (Wildman–Crippen MR) is 170 cm³/mol. The monoisotopic (exact) mass is 684 g/mol. The van der Waals surface area contributed by atoms with Gasteiger partial charge in [0.1, 0.15) is 13.3 Å². The minimum Gasteiger partial charge on any atom is -0.403 e. The van der Waals surface area contributed by atoms with Crippen LogP contribution in [0.3, 0.4) is 0 Å². The molecule has 0 spiro atoms. The normalized spacial score (nSPS) is 18.3. The number of halogens is 4. The van der Waals surface area contributed by atoms with Crippen LogP contribution in [0.2, 0.25) is 25.7 Å². The summed E-state index contributed by atoms with van der Waals surface area (Å²) in [7, 11) is -0.859. The Morgan fingerprint density at radius 2 is 1.81 bits per heavy atom. The fourth-order valence-corrected chi connectivity index (χ4v) is 5.56. The number of urea groups is 1. The summed E-state index contributed by atoms with van der Waals surface area (Å²) in [4.78, 5) is 34.3. The van der Waals surface area contributed by atoms with Gasteiger partial charge in [-0.3, -0.25) is 14.6 Å². The molecule has 3 heterocycles. The van der Waals surface area contributed by atoms with Gasteiger partial charge < -0.3 is 28.8 Å². The molecule has 1 aromatic heterocycles. The Bertz CT molecular complexity index is 1460. The standard InChI is InChI=1S/C30H41BF4N4O7Si/c1-28(2)29(3,4)46-31(45-28)20-14-23-26(36-15-20)38(16-25(40)39(23)18-43-11-12-47(6,7)8)27(41)37-22(17-42-5)19-9-10-24(21(32)13-19)44-30(33,34)35/h9-10,13-15,22H,11-12,16-18H2,1-8H3,(H,37,41). The Morgan fingerprint density at radius 1 is 1.15 bits per heavy atom. The minimum absolute atomic E-state index is 0.0712. The molecular weight excluding hydrogens is 643 g/mol. The summed E-state index contributed by atoms with van der Waals surface area (Å²) >= 11 is 0. The number of amides is 3. The molecule has 47 heavy (non-hydrogen) atoms. The third-order valence-electron chi connectivity index (χ3n) is 8.21. The highest BCUT2D eigenvalue weighted by atomic mass is 28.3. The van der Waals surface area contributed by atoms with Crippen molar-refractivity contribution in [3.05, 3.63) is 41.8 Å². The van der Waals surface area contributed by atoms with Crippen molar-refractivity contribution in [3.8, 4) is 5.75 Å². The first kappa shape index (κ1) is 36.6. The van der Waals surface area contributed by atoms with Crippen LogP contribution < -0.4 is 25.3 Å². The van der Waals surface area contributed by atoms with Gasteiger partial charge in [-0.05, 0) is 57.5 Å². The van der Waals surface area contributed by atoms with Crippen LogP contribution in [0.5, 0.6) is 5.75 Å². The number of nitrogens with zero attached hydrogens (tertiary/aromatic N) is 3. The van der Waals surface area contributed by atoms with Crippen molar-refractivity contribution in [1.82, 2.24) is 10.3 Å². The molecule has 1 unspecified atom stereocenters. The van der Waals surface area contributed by atoms with Crippen LogP contribution in [-0.4, -0.2) is 83.3 Å². The lowest BCUT2D eigenvalue weighted by Crippen LogP contribution is -2.53. The first-order valence-electron chi connectivity index (χ1n) is 15.1. The predicted octanol–water partition coefficient (Wildman–Crippen LogP) is 4.98. The Morgan fingerprint density at radius 3 is 2.38 bits per heavy atom. The number of rotatable bonds is 11. The first-order chi connectivity index (χ1) is 21.7. The topological polar surface area (TPSA) is 112 Å². The molecule has 0 saturated carbocycles. The molecule has 1 saturated heterocycles. The molecule has 0 aliphatic carbocycles. The van der Waals surface area contributed by atoms with E-state index in [-0.39, 0.29) is 24.7 Å². The number of nitrogens with one attached hydrogen (secondary N) is 1. The third-order valence-corrected chi connectivity index (χ3v) is 9.92. The van der Waals surface area contributed by atoms with E-state index in [9.17, 15) is 27.2 Å².